The Morgan fingerprint density at radius 2 is 1.81 bits per heavy atom. The van der Waals surface area contributed by atoms with Gasteiger partial charge in [-0.25, -0.2) is 9.97 Å². The summed E-state index contributed by atoms with van der Waals surface area (Å²) < 4.78 is 1.11. The molecule has 1 amide bonds. The second kappa shape index (κ2) is 7.99. The molecule has 3 aromatic rings. The lowest BCUT2D eigenvalue weighted by Gasteiger charge is -2.35. The van der Waals surface area contributed by atoms with Gasteiger partial charge in [-0.05, 0) is 29.1 Å². The molecule has 3 heterocycles. The zero-order valence-electron chi connectivity index (χ0n) is 14.2. The van der Waals surface area contributed by atoms with Crippen LogP contribution in [-0.2, 0) is 6.54 Å². The first-order valence-corrected chi connectivity index (χ1v) is 9.15. The summed E-state index contributed by atoms with van der Waals surface area (Å²) in [6.45, 7) is 3.42. The third-order valence-corrected chi connectivity index (χ3v) is 5.43. The van der Waals surface area contributed by atoms with E-state index in [0.29, 0.717) is 25.2 Å². The van der Waals surface area contributed by atoms with Gasteiger partial charge in [0.1, 0.15) is 12.1 Å². The van der Waals surface area contributed by atoms with Crippen LogP contribution in [0.2, 0.25) is 0 Å². The van der Waals surface area contributed by atoms with E-state index in [2.05, 4.69) is 14.9 Å². The zero-order chi connectivity index (χ0) is 17.2. The fourth-order valence-corrected chi connectivity index (χ4v) is 3.95. The SMILES string of the molecule is Cl.NCc1ccc(C(=O)N2CCN(c3ncnc4ccsc34)CC2)cc1. The molecular formula is C18H20ClN5OS. The fourth-order valence-electron chi connectivity index (χ4n) is 3.09. The molecule has 1 aromatic carbocycles. The molecule has 8 heteroatoms. The third kappa shape index (κ3) is 3.51. The molecule has 0 saturated carbocycles. The van der Waals surface area contributed by atoms with Gasteiger partial charge in [0, 0.05) is 38.3 Å². The second-order valence-corrected chi connectivity index (χ2v) is 6.93. The molecule has 0 radical (unpaired) electrons. The topological polar surface area (TPSA) is 75.4 Å². The number of hydrogen-bond acceptors (Lipinski definition) is 6. The van der Waals surface area contributed by atoms with Gasteiger partial charge < -0.3 is 15.5 Å². The van der Waals surface area contributed by atoms with E-state index in [1.54, 1.807) is 17.7 Å². The van der Waals surface area contributed by atoms with Crippen molar-refractivity contribution in [3.05, 3.63) is 53.2 Å². The van der Waals surface area contributed by atoms with E-state index >= 15 is 0 Å². The molecule has 2 N–H and O–H groups in total. The van der Waals surface area contributed by atoms with Gasteiger partial charge in [0.25, 0.3) is 5.91 Å². The Morgan fingerprint density at radius 3 is 2.50 bits per heavy atom. The predicted octanol–water partition coefficient (Wildman–Crippen LogP) is 2.53. The van der Waals surface area contributed by atoms with E-state index in [0.717, 1.165) is 34.7 Å². The summed E-state index contributed by atoms with van der Waals surface area (Å²) >= 11 is 1.66. The van der Waals surface area contributed by atoms with Gasteiger partial charge >= 0.3 is 0 Å². The molecule has 1 saturated heterocycles. The summed E-state index contributed by atoms with van der Waals surface area (Å²) in [5.41, 5.74) is 8.34. The van der Waals surface area contributed by atoms with Crippen molar-refractivity contribution in [3.8, 4) is 0 Å². The van der Waals surface area contributed by atoms with Crippen LogP contribution in [0, 0.1) is 0 Å². The van der Waals surface area contributed by atoms with Gasteiger partial charge in [-0.2, -0.15) is 0 Å². The maximum Gasteiger partial charge on any atom is 0.253 e. The minimum Gasteiger partial charge on any atom is -0.352 e. The number of amides is 1. The molecule has 0 aliphatic carbocycles. The van der Waals surface area contributed by atoms with Gasteiger partial charge in [0.05, 0.1) is 10.2 Å². The molecule has 2 aromatic heterocycles. The molecule has 0 unspecified atom stereocenters. The lowest BCUT2D eigenvalue weighted by Crippen LogP contribution is -2.49. The number of carbonyl (C=O) groups excluding carboxylic acids is 1. The Morgan fingerprint density at radius 1 is 1.08 bits per heavy atom. The van der Waals surface area contributed by atoms with Gasteiger partial charge in [0.2, 0.25) is 0 Å². The molecule has 6 nitrogen and oxygen atoms in total. The van der Waals surface area contributed by atoms with Crippen molar-refractivity contribution in [1.82, 2.24) is 14.9 Å². The molecule has 1 aliphatic heterocycles. The summed E-state index contributed by atoms with van der Waals surface area (Å²) in [7, 11) is 0. The van der Waals surface area contributed by atoms with Crippen LogP contribution in [-0.4, -0.2) is 47.0 Å². The van der Waals surface area contributed by atoms with Gasteiger partial charge in [-0.15, -0.1) is 23.7 Å². The Balaban J connectivity index is 0.00000196. The Bertz CT molecular complexity index is 890. The first-order chi connectivity index (χ1) is 12.3. The van der Waals surface area contributed by atoms with Crippen molar-refractivity contribution < 1.29 is 4.79 Å². The number of fused-ring (bicyclic) bond motifs is 1. The van der Waals surface area contributed by atoms with E-state index in [4.69, 9.17) is 5.73 Å². The van der Waals surface area contributed by atoms with Gasteiger partial charge in [0.15, 0.2) is 0 Å². The van der Waals surface area contributed by atoms with Crippen LogP contribution < -0.4 is 10.6 Å². The molecule has 4 rings (SSSR count). The van der Waals surface area contributed by atoms with Crippen LogP contribution >= 0.6 is 23.7 Å². The average Bonchev–Trinajstić information content (AvgIpc) is 3.16. The first kappa shape index (κ1) is 18.6. The maximum atomic E-state index is 12.7. The summed E-state index contributed by atoms with van der Waals surface area (Å²) in [6.07, 6.45) is 1.61. The molecule has 1 fully saturated rings. The highest BCUT2D eigenvalue weighted by Gasteiger charge is 2.24. The van der Waals surface area contributed by atoms with E-state index in [9.17, 15) is 4.79 Å². The first-order valence-electron chi connectivity index (χ1n) is 8.27. The molecule has 0 bridgehead atoms. The Hall–Kier alpha value is -2.22. The Kier molecular flexibility index (Phi) is 5.70. The number of aromatic nitrogens is 2. The molecular weight excluding hydrogens is 370 g/mol. The van der Waals surface area contributed by atoms with Crippen molar-refractivity contribution in [2.75, 3.05) is 31.1 Å². The second-order valence-electron chi connectivity index (χ2n) is 6.01. The van der Waals surface area contributed by atoms with Crippen molar-refractivity contribution >= 4 is 45.7 Å². The zero-order valence-corrected chi connectivity index (χ0v) is 15.8. The largest absolute Gasteiger partial charge is 0.352 e. The normalized spacial score (nSPS) is 14.3. The van der Waals surface area contributed by atoms with E-state index < -0.39 is 0 Å². The van der Waals surface area contributed by atoms with Crippen LogP contribution in [0.25, 0.3) is 10.2 Å². The molecule has 26 heavy (non-hydrogen) atoms. The van der Waals surface area contributed by atoms with Crippen LogP contribution in [0.1, 0.15) is 15.9 Å². The van der Waals surface area contributed by atoms with Crippen molar-refractivity contribution in [3.63, 3.8) is 0 Å². The quantitative estimate of drug-likeness (QED) is 0.745. The number of halogens is 1. The highest BCUT2D eigenvalue weighted by Crippen LogP contribution is 2.28. The van der Waals surface area contributed by atoms with Crippen LogP contribution in [0.3, 0.4) is 0 Å². The number of rotatable bonds is 3. The maximum absolute atomic E-state index is 12.7. The number of benzene rings is 1. The number of thiophene rings is 1. The van der Waals surface area contributed by atoms with Gasteiger partial charge in [-0.1, -0.05) is 12.1 Å². The fraction of sp³-hybridized carbons (Fsp3) is 0.278. The number of nitrogens with two attached hydrogens (primary N) is 1. The minimum absolute atomic E-state index is 0. The number of piperazine rings is 1. The van der Waals surface area contributed by atoms with Crippen LogP contribution in [0.15, 0.2) is 42.0 Å². The highest BCUT2D eigenvalue weighted by molar-refractivity contribution is 7.17. The minimum atomic E-state index is 0. The average molecular weight is 390 g/mol. The summed E-state index contributed by atoms with van der Waals surface area (Å²) in [6, 6.07) is 9.55. The van der Waals surface area contributed by atoms with E-state index in [1.807, 2.05) is 40.6 Å². The van der Waals surface area contributed by atoms with E-state index in [1.165, 1.54) is 0 Å². The smallest absolute Gasteiger partial charge is 0.253 e. The Labute approximate surface area is 162 Å². The molecule has 0 spiro atoms. The highest BCUT2D eigenvalue weighted by atomic mass is 35.5. The third-order valence-electron chi connectivity index (χ3n) is 4.53. The molecule has 0 atom stereocenters. The number of nitrogens with zero attached hydrogens (tertiary/aromatic N) is 4. The summed E-state index contributed by atoms with van der Waals surface area (Å²) in [4.78, 5) is 25.6. The van der Waals surface area contributed by atoms with Gasteiger partial charge in [-0.3, -0.25) is 4.79 Å². The number of carbonyl (C=O) groups is 1. The summed E-state index contributed by atoms with van der Waals surface area (Å²) in [5.74, 6) is 1.05. The van der Waals surface area contributed by atoms with E-state index in [-0.39, 0.29) is 18.3 Å². The van der Waals surface area contributed by atoms with Crippen molar-refractivity contribution in [2.45, 2.75) is 6.54 Å². The number of hydrogen-bond donors (Lipinski definition) is 1. The van der Waals surface area contributed by atoms with Crippen LogP contribution in [0.5, 0.6) is 0 Å². The molecule has 1 aliphatic rings. The number of anilines is 1. The lowest BCUT2D eigenvalue weighted by atomic mass is 10.1. The predicted molar refractivity (Wildman–Crippen MR) is 107 cm³/mol. The van der Waals surface area contributed by atoms with Crippen LogP contribution in [0.4, 0.5) is 5.82 Å². The molecule has 136 valence electrons. The van der Waals surface area contributed by atoms with Crippen molar-refractivity contribution in [2.24, 2.45) is 5.73 Å². The lowest BCUT2D eigenvalue weighted by molar-refractivity contribution is 0.0746. The van der Waals surface area contributed by atoms with Crippen molar-refractivity contribution in [1.29, 1.82) is 0 Å². The standard InChI is InChI=1S/C18H19N5OS.ClH/c19-11-13-1-3-14(4-2-13)18(24)23-8-6-22(7-9-23)17-16-15(5-10-25-16)20-12-21-17;/h1-5,10,12H,6-9,11,19H2;1H. The summed E-state index contributed by atoms with van der Waals surface area (Å²) in [5, 5.41) is 2.04. The monoisotopic (exact) mass is 389 g/mol.